The molecule has 14 rings (SSSR count). The number of nitrogens with one attached hydrogen (secondary N) is 1. The van der Waals surface area contributed by atoms with E-state index < -0.39 is 0 Å². The van der Waals surface area contributed by atoms with Crippen LogP contribution in [0.5, 0.6) is 0 Å². The molecule has 6 heterocycles. The molecule has 0 aliphatic rings. The molecule has 0 fully saturated rings. The predicted octanol–water partition coefficient (Wildman–Crippen LogP) is 13.2. The van der Waals surface area contributed by atoms with E-state index in [2.05, 4.69) is 225 Å². The molecule has 6 aromatic heterocycles. The summed E-state index contributed by atoms with van der Waals surface area (Å²) in [6, 6.07) is 72.5. The third-order valence-corrected chi connectivity index (χ3v) is 13.0. The molecular weight excluding hydrogens is 1020 g/mol. The van der Waals surface area contributed by atoms with E-state index in [1.165, 1.54) is 27.2 Å². The minimum atomic E-state index is 0. The number of fused-ring (bicyclic) bond motifs is 12. The predicted molar refractivity (Wildman–Crippen MR) is 271 cm³/mol. The Balaban J connectivity index is 0.000000139. The summed E-state index contributed by atoms with van der Waals surface area (Å²) in [5.74, 6) is 1.74. The summed E-state index contributed by atoms with van der Waals surface area (Å²) in [5.41, 5.74) is 15.2. The molecule has 1 N–H and O–H groups in total. The van der Waals surface area contributed by atoms with Crippen molar-refractivity contribution in [3.63, 3.8) is 0 Å². The Morgan fingerprint density at radius 2 is 1.26 bits per heavy atom. The van der Waals surface area contributed by atoms with Gasteiger partial charge in [-0.2, -0.15) is 30.3 Å². The van der Waals surface area contributed by atoms with Crippen molar-refractivity contribution < 1.29 is 25.6 Å². The number of hydrogen-bond donors (Lipinski definition) is 1. The van der Waals surface area contributed by atoms with Gasteiger partial charge >= 0.3 is 0 Å². The van der Waals surface area contributed by atoms with Gasteiger partial charge in [0.25, 0.3) is 6.33 Å². The summed E-state index contributed by atoms with van der Waals surface area (Å²) in [6.07, 6.45) is 5.53. The van der Waals surface area contributed by atoms with E-state index in [9.17, 15) is 0 Å². The van der Waals surface area contributed by atoms with Crippen molar-refractivity contribution in [2.24, 2.45) is 0 Å². The molecule has 14 aromatic rings. The zero-order valence-corrected chi connectivity index (χ0v) is 39.7. The van der Waals surface area contributed by atoms with Crippen molar-refractivity contribution in [3.8, 4) is 22.9 Å². The number of pyridine rings is 1. The molecule has 0 bridgehead atoms. The van der Waals surface area contributed by atoms with Gasteiger partial charge in [0.1, 0.15) is 5.82 Å². The standard InChI is InChI=1S/C31H20N3.C28H22N5.Pt/c1-3-12-23(13-4-1)32-22-33(29-20-10-9-19-28(29)32)30-21-11-17-26-25-16-7-8-18-27(25)34(31(26)30)24-14-5-2-6-15-24;1-28(2,3)17-12-13-29-26(14-17)32-22-10-6-4-8-18(22)19-15-25-21(16-24(19)32)31-27-30-20-9-5-7-11-23(20)33(25)27;/h1-12,14-21H;4-15H,1-3H3,(H,30,31);/q2*-1;. The zero-order valence-electron chi connectivity index (χ0n) is 37.4. The van der Waals surface area contributed by atoms with Crippen LogP contribution in [0.15, 0.2) is 194 Å². The number of rotatable bonds is 4. The van der Waals surface area contributed by atoms with Crippen LogP contribution in [0.25, 0.3) is 105 Å². The maximum absolute atomic E-state index is 4.78. The normalized spacial score (nSPS) is 11.9. The molecule has 330 valence electrons. The molecule has 8 nitrogen and oxygen atoms in total. The first-order valence-electron chi connectivity index (χ1n) is 22.6. The Labute approximate surface area is 406 Å². The third kappa shape index (κ3) is 6.50. The van der Waals surface area contributed by atoms with Crippen molar-refractivity contribution in [2.75, 3.05) is 0 Å². The maximum atomic E-state index is 4.78. The number of nitrogens with zero attached hydrogens (tertiary/aromatic N) is 7. The van der Waals surface area contributed by atoms with Crippen LogP contribution in [0, 0.1) is 18.5 Å². The Morgan fingerprint density at radius 3 is 2.04 bits per heavy atom. The van der Waals surface area contributed by atoms with E-state index in [-0.39, 0.29) is 26.5 Å². The fourth-order valence-electron chi connectivity index (χ4n) is 9.87. The average molecular weight is 1060 g/mol. The number of H-pyrrole nitrogens is 1. The largest absolute Gasteiger partial charge is 0.348 e. The Morgan fingerprint density at radius 1 is 0.588 bits per heavy atom. The first-order chi connectivity index (χ1) is 32.9. The van der Waals surface area contributed by atoms with E-state index in [0.29, 0.717) is 0 Å². The van der Waals surface area contributed by atoms with Crippen LogP contribution in [-0.2, 0) is 26.5 Å². The van der Waals surface area contributed by atoms with E-state index in [4.69, 9.17) is 9.97 Å². The summed E-state index contributed by atoms with van der Waals surface area (Å²) < 4.78 is 11.0. The van der Waals surface area contributed by atoms with Crippen molar-refractivity contribution in [1.82, 2.24) is 33.1 Å². The number of benzene rings is 8. The van der Waals surface area contributed by atoms with Gasteiger partial charge in [-0.05, 0) is 87.7 Å². The van der Waals surface area contributed by atoms with Gasteiger partial charge in [-0.1, -0.05) is 135 Å². The van der Waals surface area contributed by atoms with E-state index in [0.717, 1.165) is 83.7 Å². The quantitative estimate of drug-likeness (QED) is 0.141. The molecule has 0 amide bonds. The SMILES string of the molecule is CC(C)(C)c1ccnc(-n2c3[c-]c4[nH]c5nc6ccccc6n5c4cc3c3ccccc32)c1.[Pt].[c-]1ccccc1-n1[c-][n+](-c2cccc3c4ccccc4n(-c4ccccc4)c23)c2ccccc21. The number of para-hydroxylation sites is 9. The van der Waals surface area contributed by atoms with E-state index in [1.54, 1.807) is 0 Å². The van der Waals surface area contributed by atoms with Crippen molar-refractivity contribution in [3.05, 3.63) is 218 Å². The summed E-state index contributed by atoms with van der Waals surface area (Å²) in [4.78, 5) is 13.0. The molecule has 0 atom stereocenters. The van der Waals surface area contributed by atoms with Gasteiger partial charge < -0.3 is 23.1 Å². The van der Waals surface area contributed by atoms with Crippen molar-refractivity contribution in [1.29, 1.82) is 0 Å². The molecule has 0 radical (unpaired) electrons. The minimum absolute atomic E-state index is 0. The van der Waals surface area contributed by atoms with Crippen LogP contribution in [-0.4, -0.2) is 33.1 Å². The Kier molecular flexibility index (Phi) is 9.78. The van der Waals surface area contributed by atoms with Crippen LogP contribution < -0.4 is 4.57 Å². The Hall–Kier alpha value is -8.06. The number of aromatic amines is 1. The number of imidazole rings is 3. The van der Waals surface area contributed by atoms with Crippen LogP contribution in [0.3, 0.4) is 0 Å². The summed E-state index contributed by atoms with van der Waals surface area (Å²) >= 11 is 0. The molecule has 0 aliphatic heterocycles. The first kappa shape index (κ1) is 41.4. The fraction of sp³-hybridized carbons (Fsp3) is 0.0678. The summed E-state index contributed by atoms with van der Waals surface area (Å²) in [5, 5.41) is 4.80. The molecule has 0 saturated carbocycles. The zero-order chi connectivity index (χ0) is 44.8. The van der Waals surface area contributed by atoms with Gasteiger partial charge in [-0.3, -0.25) is 4.57 Å². The van der Waals surface area contributed by atoms with Crippen LogP contribution >= 0.6 is 0 Å². The molecule has 0 unspecified atom stereocenters. The van der Waals surface area contributed by atoms with E-state index >= 15 is 0 Å². The van der Waals surface area contributed by atoms with Gasteiger partial charge in [0.15, 0.2) is 5.78 Å². The Bertz CT molecular complexity index is 4200. The second-order valence-electron chi connectivity index (χ2n) is 18.1. The second kappa shape index (κ2) is 16.1. The van der Waals surface area contributed by atoms with E-state index in [1.807, 2.05) is 36.5 Å². The first-order valence-corrected chi connectivity index (χ1v) is 22.6. The monoisotopic (exact) mass is 1060 g/mol. The molecule has 0 saturated heterocycles. The molecule has 68 heavy (non-hydrogen) atoms. The molecule has 8 aromatic carbocycles. The van der Waals surface area contributed by atoms with Gasteiger partial charge in [-0.25, -0.2) is 9.97 Å². The molecule has 0 aliphatic carbocycles. The van der Waals surface area contributed by atoms with Gasteiger partial charge in [-0.15, -0.1) is 12.1 Å². The van der Waals surface area contributed by atoms with Gasteiger partial charge in [0.2, 0.25) is 0 Å². The number of aromatic nitrogens is 8. The summed E-state index contributed by atoms with van der Waals surface area (Å²) in [7, 11) is 0. The second-order valence-corrected chi connectivity index (χ2v) is 18.1. The molecule has 0 spiro atoms. The van der Waals surface area contributed by atoms with Crippen LogP contribution in [0.2, 0.25) is 0 Å². The van der Waals surface area contributed by atoms with Gasteiger partial charge in [0.05, 0.1) is 38.8 Å². The summed E-state index contributed by atoms with van der Waals surface area (Å²) in [6.45, 7) is 6.69. The molecule has 9 heteroatoms. The van der Waals surface area contributed by atoms with Gasteiger partial charge in [0, 0.05) is 49.2 Å². The van der Waals surface area contributed by atoms with Crippen molar-refractivity contribution >= 4 is 82.5 Å². The fourth-order valence-corrected chi connectivity index (χ4v) is 9.87. The topological polar surface area (TPSA) is 64.7 Å². The van der Waals surface area contributed by atoms with Crippen LogP contribution in [0.1, 0.15) is 26.3 Å². The number of hydrogen-bond acceptors (Lipinski definition) is 2. The molecular formula is C59H42N8Pt-2. The smallest absolute Gasteiger partial charge is 0.268 e. The van der Waals surface area contributed by atoms with Crippen molar-refractivity contribution in [2.45, 2.75) is 26.2 Å². The average Bonchev–Trinajstić information content (AvgIpc) is 4.18. The van der Waals surface area contributed by atoms with Crippen LogP contribution in [0.4, 0.5) is 0 Å². The third-order valence-electron chi connectivity index (χ3n) is 13.0. The minimum Gasteiger partial charge on any atom is -0.348 e. The maximum Gasteiger partial charge on any atom is 0.268 e.